The van der Waals surface area contributed by atoms with Crippen molar-refractivity contribution in [2.45, 2.75) is 25.9 Å². The predicted octanol–water partition coefficient (Wildman–Crippen LogP) is 3.71. The van der Waals surface area contributed by atoms with Crippen molar-refractivity contribution in [2.24, 2.45) is 0 Å². The van der Waals surface area contributed by atoms with Crippen LogP contribution in [0.1, 0.15) is 18.2 Å². The lowest BCUT2D eigenvalue weighted by Gasteiger charge is -2.17. The van der Waals surface area contributed by atoms with Crippen molar-refractivity contribution in [3.05, 3.63) is 21.0 Å². The van der Waals surface area contributed by atoms with E-state index in [9.17, 15) is 31.1 Å². The van der Waals surface area contributed by atoms with Crippen LogP contribution in [0.4, 0.5) is 26.3 Å². The molecule has 0 aliphatic heterocycles. The molecule has 0 radical (unpaired) electrons. The Kier molecular flexibility index (Phi) is 5.87. The number of hydrogen-bond donors (Lipinski definition) is 0. The van der Waals surface area contributed by atoms with Gasteiger partial charge < -0.3 is 9.47 Å². The third-order valence-corrected chi connectivity index (χ3v) is 2.91. The van der Waals surface area contributed by atoms with Gasteiger partial charge in [0.25, 0.3) is 0 Å². The molecule has 0 fully saturated rings. The minimum Gasteiger partial charge on any atom is -0.466 e. The highest BCUT2D eigenvalue weighted by Gasteiger charge is 2.42. The molecule has 1 aromatic rings. The second kappa shape index (κ2) is 6.87. The Morgan fingerprint density at radius 1 is 1.27 bits per heavy atom. The van der Waals surface area contributed by atoms with E-state index in [2.05, 4.69) is 14.5 Å². The van der Waals surface area contributed by atoms with Gasteiger partial charge in [-0.15, -0.1) is 13.2 Å². The molecule has 0 N–H and O–H groups in total. The number of alkyl halides is 6. The number of carbonyl (C=O) groups excluding carboxylic acids is 1. The van der Waals surface area contributed by atoms with Crippen molar-refractivity contribution in [3.8, 4) is 5.75 Å². The lowest BCUT2D eigenvalue weighted by molar-refractivity contribution is -0.276. The molecular weight excluding hydrogens is 435 g/mol. The molecule has 4 nitrogen and oxygen atoms in total. The van der Waals surface area contributed by atoms with Crippen LogP contribution < -0.4 is 4.74 Å². The highest BCUT2D eigenvalue weighted by Crippen LogP contribution is 2.41. The first-order valence-electron chi connectivity index (χ1n) is 5.62. The SMILES string of the molecule is CCOC(=O)Cc1cc(OC(F)(F)F)c(C(F)(F)F)c(I)n1. The van der Waals surface area contributed by atoms with E-state index in [1.165, 1.54) is 6.92 Å². The van der Waals surface area contributed by atoms with Gasteiger partial charge in [-0.05, 0) is 29.5 Å². The van der Waals surface area contributed by atoms with Crippen molar-refractivity contribution in [1.29, 1.82) is 0 Å². The zero-order valence-corrected chi connectivity index (χ0v) is 13.0. The maximum absolute atomic E-state index is 12.8. The smallest absolute Gasteiger partial charge is 0.466 e. The van der Waals surface area contributed by atoms with Crippen LogP contribution in [-0.2, 0) is 22.1 Å². The van der Waals surface area contributed by atoms with Gasteiger partial charge in [0.05, 0.1) is 18.7 Å². The normalized spacial score (nSPS) is 12.2. The van der Waals surface area contributed by atoms with Crippen LogP contribution in [-0.4, -0.2) is 23.9 Å². The van der Waals surface area contributed by atoms with Gasteiger partial charge in [-0.2, -0.15) is 13.2 Å². The zero-order chi connectivity index (χ0) is 17.1. The molecule has 0 amide bonds. The Hall–Kier alpha value is -1.27. The van der Waals surface area contributed by atoms with Gasteiger partial charge in [-0.25, -0.2) is 4.98 Å². The first kappa shape index (κ1) is 18.8. The molecule has 0 aromatic carbocycles. The van der Waals surface area contributed by atoms with E-state index in [-0.39, 0.29) is 12.3 Å². The number of carbonyl (C=O) groups is 1. The van der Waals surface area contributed by atoms with E-state index in [1.807, 2.05) is 0 Å². The highest BCUT2D eigenvalue weighted by atomic mass is 127. The fourth-order valence-electron chi connectivity index (χ4n) is 1.45. The molecule has 0 aliphatic carbocycles. The van der Waals surface area contributed by atoms with Crippen molar-refractivity contribution < 1.29 is 40.6 Å². The summed E-state index contributed by atoms with van der Waals surface area (Å²) in [5.74, 6) is -2.29. The van der Waals surface area contributed by atoms with Crippen LogP contribution in [0.2, 0.25) is 0 Å². The number of esters is 1. The number of rotatable bonds is 4. The summed E-state index contributed by atoms with van der Waals surface area (Å²) in [5.41, 5.74) is -1.98. The van der Waals surface area contributed by atoms with Gasteiger partial charge >= 0.3 is 18.5 Å². The molecular formula is C11H8F6INO3. The Balaban J connectivity index is 3.28. The summed E-state index contributed by atoms with van der Waals surface area (Å²) in [4.78, 5) is 14.7. The summed E-state index contributed by atoms with van der Waals surface area (Å²) < 4.78 is 82.4. The minimum atomic E-state index is -5.31. The van der Waals surface area contributed by atoms with Gasteiger partial charge in [-0.1, -0.05) is 0 Å². The van der Waals surface area contributed by atoms with E-state index in [0.717, 1.165) is 22.6 Å². The monoisotopic (exact) mass is 443 g/mol. The van der Waals surface area contributed by atoms with Gasteiger partial charge in [0.1, 0.15) is 15.0 Å². The molecule has 1 rings (SSSR count). The fourth-order valence-corrected chi connectivity index (χ4v) is 2.33. The molecule has 0 aliphatic rings. The second-order valence-electron chi connectivity index (χ2n) is 3.80. The molecule has 22 heavy (non-hydrogen) atoms. The van der Waals surface area contributed by atoms with E-state index < -0.39 is 39.9 Å². The third kappa shape index (κ3) is 5.50. The number of nitrogens with zero attached hydrogens (tertiary/aromatic N) is 1. The summed E-state index contributed by atoms with van der Waals surface area (Å²) in [7, 11) is 0. The quantitative estimate of drug-likeness (QED) is 0.308. The molecule has 124 valence electrons. The topological polar surface area (TPSA) is 48.4 Å². The molecule has 0 saturated heterocycles. The Morgan fingerprint density at radius 3 is 2.32 bits per heavy atom. The Labute approximate surface area is 133 Å². The minimum absolute atomic E-state index is 0.0163. The maximum Gasteiger partial charge on any atom is 0.573 e. The van der Waals surface area contributed by atoms with Crippen LogP contribution in [0.25, 0.3) is 0 Å². The van der Waals surface area contributed by atoms with Gasteiger partial charge in [-0.3, -0.25) is 4.79 Å². The van der Waals surface area contributed by atoms with Crippen molar-refractivity contribution in [3.63, 3.8) is 0 Å². The molecule has 1 heterocycles. The largest absolute Gasteiger partial charge is 0.573 e. The number of pyridine rings is 1. The number of hydrogen-bond acceptors (Lipinski definition) is 4. The molecule has 0 bridgehead atoms. The number of ether oxygens (including phenoxy) is 2. The standard InChI is InChI=1S/C11H8F6INO3/c1-2-21-7(20)4-5-3-6(22-11(15,16)17)8(9(18)19-5)10(12,13)14/h3H,2,4H2,1H3. The summed E-state index contributed by atoms with van der Waals surface area (Å²) in [5, 5.41) is 0. The van der Waals surface area contributed by atoms with Crippen molar-refractivity contribution in [1.82, 2.24) is 4.98 Å². The van der Waals surface area contributed by atoms with E-state index in [4.69, 9.17) is 0 Å². The summed E-state index contributed by atoms with van der Waals surface area (Å²) in [6.45, 7) is 1.52. The average Bonchev–Trinajstić information content (AvgIpc) is 2.23. The lowest BCUT2D eigenvalue weighted by Crippen LogP contribution is -2.22. The summed E-state index contributed by atoms with van der Waals surface area (Å²) >= 11 is 1.13. The van der Waals surface area contributed by atoms with Crippen LogP contribution in [0.15, 0.2) is 6.07 Å². The van der Waals surface area contributed by atoms with Gasteiger partial charge in [0.2, 0.25) is 0 Å². The van der Waals surface area contributed by atoms with Gasteiger partial charge in [0.15, 0.2) is 0 Å². The summed E-state index contributed by atoms with van der Waals surface area (Å²) in [6.07, 6.45) is -11.0. The maximum atomic E-state index is 12.8. The molecule has 0 spiro atoms. The van der Waals surface area contributed by atoms with Crippen LogP contribution >= 0.6 is 22.6 Å². The first-order valence-corrected chi connectivity index (χ1v) is 6.70. The van der Waals surface area contributed by atoms with E-state index in [1.54, 1.807) is 0 Å². The van der Waals surface area contributed by atoms with Crippen LogP contribution in [0, 0.1) is 3.70 Å². The highest BCUT2D eigenvalue weighted by molar-refractivity contribution is 14.1. The Morgan fingerprint density at radius 2 is 1.86 bits per heavy atom. The zero-order valence-electron chi connectivity index (χ0n) is 10.8. The first-order chi connectivity index (χ1) is 9.94. The van der Waals surface area contributed by atoms with Crippen LogP contribution in [0.3, 0.4) is 0 Å². The molecule has 1 aromatic heterocycles. The predicted molar refractivity (Wildman–Crippen MR) is 69.0 cm³/mol. The average molecular weight is 443 g/mol. The lowest BCUT2D eigenvalue weighted by atomic mass is 10.2. The van der Waals surface area contributed by atoms with Crippen molar-refractivity contribution >= 4 is 28.6 Å². The van der Waals surface area contributed by atoms with Gasteiger partial charge in [0, 0.05) is 6.07 Å². The Bertz CT molecular complexity index is 558. The summed E-state index contributed by atoms with van der Waals surface area (Å²) in [6, 6.07) is 0.426. The number of aromatic nitrogens is 1. The number of halogens is 7. The second-order valence-corrected chi connectivity index (χ2v) is 4.83. The fraction of sp³-hybridized carbons (Fsp3) is 0.455. The van der Waals surface area contributed by atoms with Crippen molar-refractivity contribution in [2.75, 3.05) is 6.61 Å². The van der Waals surface area contributed by atoms with E-state index in [0.29, 0.717) is 6.07 Å². The molecule has 0 unspecified atom stereocenters. The van der Waals surface area contributed by atoms with E-state index >= 15 is 0 Å². The van der Waals surface area contributed by atoms with Crippen LogP contribution in [0.5, 0.6) is 5.75 Å². The molecule has 11 heteroatoms. The third-order valence-electron chi connectivity index (χ3n) is 2.13. The molecule has 0 saturated carbocycles. The molecule has 0 atom stereocenters.